The fourth-order valence-corrected chi connectivity index (χ4v) is 4.30. The Morgan fingerprint density at radius 3 is 2.68 bits per heavy atom. The molecule has 3 nitrogen and oxygen atoms in total. The SMILES string of the molecule is CNC1CCC(Sc2ccc3c(c2)OCCO3)C1C. The first-order valence-corrected chi connectivity index (χ1v) is 7.89. The number of benzene rings is 1. The molecule has 1 aromatic carbocycles. The predicted molar refractivity (Wildman–Crippen MR) is 78.3 cm³/mol. The number of fused-ring (bicyclic) bond motifs is 1. The standard InChI is InChI=1S/C15H21NO2S/c1-10-12(16-2)4-6-15(10)19-11-3-5-13-14(9-11)18-8-7-17-13/h3,5,9-10,12,15-16H,4,6-8H2,1-2H3. The van der Waals surface area contributed by atoms with E-state index in [1.54, 1.807) is 0 Å². The lowest BCUT2D eigenvalue weighted by molar-refractivity contribution is 0.171. The molecule has 1 aromatic rings. The van der Waals surface area contributed by atoms with Gasteiger partial charge < -0.3 is 14.8 Å². The smallest absolute Gasteiger partial charge is 0.162 e. The lowest BCUT2D eigenvalue weighted by Gasteiger charge is -2.22. The summed E-state index contributed by atoms with van der Waals surface area (Å²) in [6.07, 6.45) is 2.56. The van der Waals surface area contributed by atoms with Crippen LogP contribution in [-0.4, -0.2) is 31.6 Å². The molecule has 0 spiro atoms. The topological polar surface area (TPSA) is 30.5 Å². The molecule has 1 heterocycles. The van der Waals surface area contributed by atoms with Gasteiger partial charge in [-0.05, 0) is 44.0 Å². The van der Waals surface area contributed by atoms with Gasteiger partial charge in [0.25, 0.3) is 0 Å². The van der Waals surface area contributed by atoms with Crippen LogP contribution in [0.1, 0.15) is 19.8 Å². The summed E-state index contributed by atoms with van der Waals surface area (Å²) in [5.41, 5.74) is 0. The molecule has 1 aliphatic carbocycles. The minimum Gasteiger partial charge on any atom is -0.486 e. The number of nitrogens with one attached hydrogen (secondary N) is 1. The van der Waals surface area contributed by atoms with Crippen LogP contribution in [0.15, 0.2) is 23.1 Å². The van der Waals surface area contributed by atoms with E-state index in [9.17, 15) is 0 Å². The van der Waals surface area contributed by atoms with Gasteiger partial charge in [-0.3, -0.25) is 0 Å². The first-order valence-electron chi connectivity index (χ1n) is 7.01. The van der Waals surface area contributed by atoms with Crippen LogP contribution in [0.3, 0.4) is 0 Å². The monoisotopic (exact) mass is 279 g/mol. The van der Waals surface area contributed by atoms with Crippen molar-refractivity contribution in [3.63, 3.8) is 0 Å². The molecule has 0 saturated heterocycles. The minimum atomic E-state index is 0.656. The average Bonchev–Trinajstić information content (AvgIpc) is 2.79. The maximum Gasteiger partial charge on any atom is 0.162 e. The van der Waals surface area contributed by atoms with Crippen LogP contribution in [0.2, 0.25) is 0 Å². The second kappa shape index (κ2) is 5.63. The van der Waals surface area contributed by atoms with Crippen molar-refractivity contribution in [3.8, 4) is 11.5 Å². The molecule has 0 bridgehead atoms. The highest BCUT2D eigenvalue weighted by molar-refractivity contribution is 8.00. The van der Waals surface area contributed by atoms with Crippen LogP contribution in [0, 0.1) is 5.92 Å². The van der Waals surface area contributed by atoms with E-state index in [0.717, 1.165) is 11.5 Å². The quantitative estimate of drug-likeness (QED) is 0.921. The highest BCUT2D eigenvalue weighted by Gasteiger charge is 2.32. The van der Waals surface area contributed by atoms with Gasteiger partial charge in [0, 0.05) is 16.2 Å². The molecular formula is C15H21NO2S. The second-order valence-corrected chi connectivity index (χ2v) is 6.61. The molecule has 1 saturated carbocycles. The normalized spacial score (nSPS) is 29.5. The molecule has 4 heteroatoms. The Kier molecular flexibility index (Phi) is 3.89. The Labute approximate surface area is 119 Å². The van der Waals surface area contributed by atoms with Gasteiger partial charge in [0.15, 0.2) is 11.5 Å². The minimum absolute atomic E-state index is 0.656. The first-order chi connectivity index (χ1) is 9.28. The van der Waals surface area contributed by atoms with Crippen LogP contribution in [0.25, 0.3) is 0 Å². The van der Waals surface area contributed by atoms with Gasteiger partial charge in [-0.1, -0.05) is 6.92 Å². The molecule has 1 fully saturated rings. The Morgan fingerprint density at radius 1 is 1.16 bits per heavy atom. The second-order valence-electron chi connectivity index (χ2n) is 5.29. The highest BCUT2D eigenvalue weighted by atomic mass is 32.2. The van der Waals surface area contributed by atoms with Crippen LogP contribution >= 0.6 is 11.8 Å². The van der Waals surface area contributed by atoms with E-state index < -0.39 is 0 Å². The molecule has 3 atom stereocenters. The summed E-state index contributed by atoms with van der Waals surface area (Å²) in [4.78, 5) is 1.29. The van der Waals surface area contributed by atoms with Crippen LogP contribution < -0.4 is 14.8 Å². The zero-order chi connectivity index (χ0) is 13.2. The lowest BCUT2D eigenvalue weighted by Crippen LogP contribution is -2.29. The third kappa shape index (κ3) is 2.70. The highest BCUT2D eigenvalue weighted by Crippen LogP contribution is 2.41. The zero-order valence-electron chi connectivity index (χ0n) is 11.5. The van der Waals surface area contributed by atoms with Gasteiger partial charge in [0.2, 0.25) is 0 Å². The summed E-state index contributed by atoms with van der Waals surface area (Å²) in [6, 6.07) is 6.97. The molecule has 3 unspecified atom stereocenters. The van der Waals surface area contributed by atoms with Crippen LogP contribution in [0.4, 0.5) is 0 Å². The number of hydrogen-bond acceptors (Lipinski definition) is 4. The molecule has 19 heavy (non-hydrogen) atoms. The van der Waals surface area contributed by atoms with Crippen LogP contribution in [-0.2, 0) is 0 Å². The number of ether oxygens (including phenoxy) is 2. The van der Waals surface area contributed by atoms with Crippen molar-refractivity contribution in [1.82, 2.24) is 5.32 Å². The number of rotatable bonds is 3. The van der Waals surface area contributed by atoms with E-state index in [4.69, 9.17) is 9.47 Å². The largest absolute Gasteiger partial charge is 0.486 e. The van der Waals surface area contributed by atoms with E-state index in [0.29, 0.717) is 30.4 Å². The molecular weight excluding hydrogens is 258 g/mol. The van der Waals surface area contributed by atoms with Gasteiger partial charge >= 0.3 is 0 Å². The van der Waals surface area contributed by atoms with Gasteiger partial charge in [0.1, 0.15) is 13.2 Å². The number of hydrogen-bond donors (Lipinski definition) is 1. The summed E-state index contributed by atoms with van der Waals surface area (Å²) in [5, 5.41) is 4.12. The van der Waals surface area contributed by atoms with Crippen molar-refractivity contribution in [1.29, 1.82) is 0 Å². The van der Waals surface area contributed by atoms with E-state index in [1.165, 1.54) is 17.7 Å². The van der Waals surface area contributed by atoms with Gasteiger partial charge in [-0.25, -0.2) is 0 Å². The Bertz CT molecular complexity index is 452. The Hall–Kier alpha value is -0.870. The van der Waals surface area contributed by atoms with Crippen molar-refractivity contribution in [2.45, 2.75) is 36.0 Å². The molecule has 0 radical (unpaired) electrons. The maximum atomic E-state index is 5.65. The van der Waals surface area contributed by atoms with Gasteiger partial charge in [-0.15, -0.1) is 11.8 Å². The summed E-state index contributed by atoms with van der Waals surface area (Å²) in [6.45, 7) is 3.66. The predicted octanol–water partition coefficient (Wildman–Crippen LogP) is 2.94. The summed E-state index contributed by atoms with van der Waals surface area (Å²) in [5.74, 6) is 2.48. The van der Waals surface area contributed by atoms with Crippen LogP contribution in [0.5, 0.6) is 11.5 Å². The molecule has 1 aliphatic heterocycles. The van der Waals surface area contributed by atoms with Crippen molar-refractivity contribution in [2.75, 3.05) is 20.3 Å². The summed E-state index contributed by atoms with van der Waals surface area (Å²) in [7, 11) is 2.07. The molecule has 1 N–H and O–H groups in total. The average molecular weight is 279 g/mol. The third-order valence-corrected chi connectivity index (χ3v) is 5.65. The van der Waals surface area contributed by atoms with E-state index in [1.807, 2.05) is 17.8 Å². The summed E-state index contributed by atoms with van der Waals surface area (Å²) >= 11 is 1.98. The van der Waals surface area contributed by atoms with Crippen molar-refractivity contribution < 1.29 is 9.47 Å². The van der Waals surface area contributed by atoms with Gasteiger partial charge in [0.05, 0.1) is 0 Å². The first kappa shape index (κ1) is 13.1. The Morgan fingerprint density at radius 2 is 1.95 bits per heavy atom. The lowest BCUT2D eigenvalue weighted by atomic mass is 10.1. The third-order valence-electron chi connectivity index (χ3n) is 4.16. The molecule has 3 rings (SSSR count). The fraction of sp³-hybridized carbons (Fsp3) is 0.600. The molecule has 2 aliphatic rings. The fourth-order valence-electron chi connectivity index (χ4n) is 2.97. The molecule has 0 aromatic heterocycles. The van der Waals surface area contributed by atoms with Crippen molar-refractivity contribution >= 4 is 11.8 Å². The Balaban J connectivity index is 1.70. The van der Waals surface area contributed by atoms with Crippen molar-refractivity contribution in [3.05, 3.63) is 18.2 Å². The molecule has 0 amide bonds. The van der Waals surface area contributed by atoms with Crippen molar-refractivity contribution in [2.24, 2.45) is 5.92 Å². The van der Waals surface area contributed by atoms with Gasteiger partial charge in [-0.2, -0.15) is 0 Å². The van der Waals surface area contributed by atoms with E-state index in [2.05, 4.69) is 31.4 Å². The zero-order valence-corrected chi connectivity index (χ0v) is 12.3. The van der Waals surface area contributed by atoms with E-state index >= 15 is 0 Å². The summed E-state index contributed by atoms with van der Waals surface area (Å²) < 4.78 is 11.2. The maximum absolute atomic E-state index is 5.65. The number of thioether (sulfide) groups is 1. The molecule has 104 valence electrons. The van der Waals surface area contributed by atoms with E-state index in [-0.39, 0.29) is 0 Å².